The first-order valence-electron chi connectivity index (χ1n) is 7.15. The smallest absolute Gasteiger partial charge is 0.0931 e. The molecule has 3 nitrogen and oxygen atoms in total. The summed E-state index contributed by atoms with van der Waals surface area (Å²) in [6.07, 6.45) is 5.07. The van der Waals surface area contributed by atoms with Gasteiger partial charge in [-0.2, -0.15) is 0 Å². The monoisotopic (exact) mass is 265 g/mol. The molecule has 0 spiro atoms. The van der Waals surface area contributed by atoms with E-state index in [0.29, 0.717) is 5.92 Å². The molecule has 1 N–H and O–H groups in total. The summed E-state index contributed by atoms with van der Waals surface area (Å²) in [4.78, 5) is 7.32. The highest BCUT2D eigenvalue weighted by atomic mass is 32.1. The van der Waals surface area contributed by atoms with Crippen LogP contribution >= 0.6 is 11.3 Å². The minimum atomic E-state index is 0.716. The Kier molecular flexibility index (Phi) is 3.97. The molecule has 2 fully saturated rings. The standard InChI is InChI=1S/C14H23N3S/c1-17-6-3-12(4-7-17)13-10-18-14(16-13)8-11-2-5-15-9-11/h10-12,15H,2-9H2,1H3. The largest absolute Gasteiger partial charge is 0.316 e. The van der Waals surface area contributed by atoms with Crippen molar-refractivity contribution in [2.45, 2.75) is 31.6 Å². The Morgan fingerprint density at radius 3 is 2.94 bits per heavy atom. The van der Waals surface area contributed by atoms with Crippen molar-refractivity contribution < 1.29 is 0 Å². The average Bonchev–Trinajstić information content (AvgIpc) is 3.02. The number of hydrogen-bond donors (Lipinski definition) is 1. The summed E-state index contributed by atoms with van der Waals surface area (Å²) in [6, 6.07) is 0. The van der Waals surface area contributed by atoms with Gasteiger partial charge in [0, 0.05) is 17.7 Å². The molecule has 2 aliphatic rings. The third-order valence-electron chi connectivity index (χ3n) is 4.33. The van der Waals surface area contributed by atoms with Crippen LogP contribution in [-0.2, 0) is 6.42 Å². The Balaban J connectivity index is 1.58. The fraction of sp³-hybridized carbons (Fsp3) is 0.786. The van der Waals surface area contributed by atoms with E-state index in [1.54, 1.807) is 0 Å². The van der Waals surface area contributed by atoms with E-state index in [-0.39, 0.29) is 0 Å². The number of likely N-dealkylation sites (tertiary alicyclic amines) is 1. The van der Waals surface area contributed by atoms with Crippen molar-refractivity contribution in [3.63, 3.8) is 0 Å². The van der Waals surface area contributed by atoms with E-state index >= 15 is 0 Å². The number of hydrogen-bond acceptors (Lipinski definition) is 4. The molecule has 0 saturated carbocycles. The molecule has 3 rings (SSSR count). The van der Waals surface area contributed by atoms with Crippen LogP contribution in [0.2, 0.25) is 0 Å². The Labute approximate surface area is 114 Å². The van der Waals surface area contributed by atoms with Crippen LogP contribution < -0.4 is 5.32 Å². The minimum Gasteiger partial charge on any atom is -0.316 e. The maximum absolute atomic E-state index is 4.89. The highest BCUT2D eigenvalue weighted by Gasteiger charge is 2.22. The SMILES string of the molecule is CN1CCC(c2csc(CC3CCNC3)n2)CC1. The number of nitrogens with one attached hydrogen (secondary N) is 1. The average molecular weight is 265 g/mol. The first kappa shape index (κ1) is 12.6. The molecule has 0 radical (unpaired) electrons. The molecule has 18 heavy (non-hydrogen) atoms. The summed E-state index contributed by atoms with van der Waals surface area (Å²) in [6.45, 7) is 4.83. The van der Waals surface area contributed by atoms with Crippen LogP contribution in [0, 0.1) is 5.92 Å². The van der Waals surface area contributed by atoms with Crippen molar-refractivity contribution in [3.8, 4) is 0 Å². The topological polar surface area (TPSA) is 28.2 Å². The van der Waals surface area contributed by atoms with Gasteiger partial charge in [0.2, 0.25) is 0 Å². The Morgan fingerprint density at radius 1 is 1.39 bits per heavy atom. The molecular weight excluding hydrogens is 242 g/mol. The third kappa shape index (κ3) is 2.92. The molecule has 2 saturated heterocycles. The summed E-state index contributed by atoms with van der Waals surface area (Å²) in [5, 5.41) is 7.11. The van der Waals surface area contributed by atoms with Crippen molar-refractivity contribution in [1.82, 2.24) is 15.2 Å². The molecule has 0 bridgehead atoms. The van der Waals surface area contributed by atoms with Crippen molar-refractivity contribution >= 4 is 11.3 Å². The molecule has 4 heteroatoms. The number of aromatic nitrogens is 1. The van der Waals surface area contributed by atoms with E-state index in [1.165, 1.54) is 62.6 Å². The molecule has 1 atom stereocenters. The van der Waals surface area contributed by atoms with Gasteiger partial charge in [-0.15, -0.1) is 11.3 Å². The summed E-state index contributed by atoms with van der Waals surface area (Å²) in [7, 11) is 2.22. The first-order chi connectivity index (χ1) is 8.81. The Hall–Kier alpha value is -0.450. The van der Waals surface area contributed by atoms with Crippen LogP contribution in [0.1, 0.15) is 35.9 Å². The number of thiazole rings is 1. The summed E-state index contributed by atoms with van der Waals surface area (Å²) in [5.41, 5.74) is 1.37. The molecule has 3 heterocycles. The van der Waals surface area contributed by atoms with E-state index < -0.39 is 0 Å². The third-order valence-corrected chi connectivity index (χ3v) is 5.22. The fourth-order valence-corrected chi connectivity index (χ4v) is 4.04. The molecule has 0 amide bonds. The van der Waals surface area contributed by atoms with Crippen LogP contribution in [-0.4, -0.2) is 43.1 Å². The van der Waals surface area contributed by atoms with E-state index in [0.717, 1.165) is 5.92 Å². The van der Waals surface area contributed by atoms with Gasteiger partial charge < -0.3 is 10.2 Å². The van der Waals surface area contributed by atoms with Gasteiger partial charge in [-0.25, -0.2) is 4.98 Å². The summed E-state index contributed by atoms with van der Waals surface area (Å²) < 4.78 is 0. The maximum Gasteiger partial charge on any atom is 0.0931 e. The predicted octanol–water partition coefficient (Wildman–Crippen LogP) is 2.10. The second-order valence-corrected chi connectivity index (χ2v) is 6.75. The van der Waals surface area contributed by atoms with Crippen LogP contribution in [0.15, 0.2) is 5.38 Å². The van der Waals surface area contributed by atoms with Crippen molar-refractivity contribution in [2.75, 3.05) is 33.2 Å². The lowest BCUT2D eigenvalue weighted by Crippen LogP contribution is -2.29. The van der Waals surface area contributed by atoms with Gasteiger partial charge in [-0.1, -0.05) is 0 Å². The van der Waals surface area contributed by atoms with Gasteiger partial charge in [0.25, 0.3) is 0 Å². The Morgan fingerprint density at radius 2 is 2.22 bits per heavy atom. The normalized spacial score (nSPS) is 26.8. The zero-order chi connectivity index (χ0) is 12.4. The molecule has 100 valence electrons. The fourth-order valence-electron chi connectivity index (χ4n) is 3.05. The number of rotatable bonds is 3. The second kappa shape index (κ2) is 5.68. The number of piperidine rings is 1. The molecular formula is C14H23N3S. The summed E-state index contributed by atoms with van der Waals surface area (Å²) in [5.74, 6) is 1.54. The molecule has 1 aromatic heterocycles. The molecule has 1 unspecified atom stereocenters. The van der Waals surface area contributed by atoms with E-state index in [9.17, 15) is 0 Å². The molecule has 0 aromatic carbocycles. The van der Waals surface area contributed by atoms with Crippen molar-refractivity contribution in [2.24, 2.45) is 5.92 Å². The van der Waals surface area contributed by atoms with Crippen LogP contribution in [0.25, 0.3) is 0 Å². The van der Waals surface area contributed by atoms with Gasteiger partial charge in [0.1, 0.15) is 0 Å². The van der Waals surface area contributed by atoms with Gasteiger partial charge in [-0.3, -0.25) is 0 Å². The second-order valence-electron chi connectivity index (χ2n) is 5.81. The lowest BCUT2D eigenvalue weighted by atomic mass is 9.94. The van der Waals surface area contributed by atoms with Gasteiger partial charge in [-0.05, 0) is 58.4 Å². The van der Waals surface area contributed by atoms with Crippen LogP contribution in [0.4, 0.5) is 0 Å². The van der Waals surface area contributed by atoms with Gasteiger partial charge >= 0.3 is 0 Å². The van der Waals surface area contributed by atoms with Gasteiger partial charge in [0.05, 0.1) is 10.7 Å². The van der Waals surface area contributed by atoms with Crippen LogP contribution in [0.5, 0.6) is 0 Å². The lowest BCUT2D eigenvalue weighted by molar-refractivity contribution is 0.253. The molecule has 1 aromatic rings. The van der Waals surface area contributed by atoms with Crippen molar-refractivity contribution in [3.05, 3.63) is 16.1 Å². The van der Waals surface area contributed by atoms with E-state index in [1.807, 2.05) is 11.3 Å². The van der Waals surface area contributed by atoms with Gasteiger partial charge in [0.15, 0.2) is 0 Å². The minimum absolute atomic E-state index is 0.716. The van der Waals surface area contributed by atoms with E-state index in [2.05, 4.69) is 22.6 Å². The zero-order valence-electron chi connectivity index (χ0n) is 11.2. The quantitative estimate of drug-likeness (QED) is 0.907. The Bertz CT molecular complexity index is 376. The maximum atomic E-state index is 4.89. The molecule has 2 aliphatic heterocycles. The van der Waals surface area contributed by atoms with E-state index in [4.69, 9.17) is 4.98 Å². The number of nitrogens with zero attached hydrogens (tertiary/aromatic N) is 2. The highest BCUT2D eigenvalue weighted by Crippen LogP contribution is 2.29. The predicted molar refractivity (Wildman–Crippen MR) is 76.3 cm³/mol. The highest BCUT2D eigenvalue weighted by molar-refractivity contribution is 7.09. The van der Waals surface area contributed by atoms with Crippen molar-refractivity contribution in [1.29, 1.82) is 0 Å². The summed E-state index contributed by atoms with van der Waals surface area (Å²) >= 11 is 1.88. The zero-order valence-corrected chi connectivity index (χ0v) is 12.0. The van der Waals surface area contributed by atoms with Crippen LogP contribution in [0.3, 0.4) is 0 Å². The lowest BCUT2D eigenvalue weighted by Gasteiger charge is -2.27. The molecule has 0 aliphatic carbocycles. The first-order valence-corrected chi connectivity index (χ1v) is 8.03.